The summed E-state index contributed by atoms with van der Waals surface area (Å²) in [6.07, 6.45) is 16.2. The highest BCUT2D eigenvalue weighted by molar-refractivity contribution is 5.99. The molecule has 4 aliphatic heterocycles. The van der Waals surface area contributed by atoms with E-state index in [1.165, 1.54) is 6.42 Å². The van der Waals surface area contributed by atoms with Crippen molar-refractivity contribution < 1.29 is 29.0 Å². The van der Waals surface area contributed by atoms with Gasteiger partial charge in [0.2, 0.25) is 11.8 Å². The van der Waals surface area contributed by atoms with Crippen molar-refractivity contribution in [3.63, 3.8) is 0 Å². The third kappa shape index (κ3) is 4.33. The number of nitrogens with zero attached hydrogens (tertiary/aromatic N) is 2. The average Bonchev–Trinajstić information content (AvgIpc) is 3.27. The summed E-state index contributed by atoms with van der Waals surface area (Å²) in [5, 5.41) is 9.19. The number of rotatable bonds is 6. The van der Waals surface area contributed by atoms with Gasteiger partial charge < -0.3 is 24.4 Å². The molecule has 0 aromatic rings. The quantitative estimate of drug-likeness (QED) is 0.352. The molecule has 0 bridgehead atoms. The van der Waals surface area contributed by atoms with Crippen molar-refractivity contribution >= 4 is 17.8 Å². The standard InChI is InChI=1S/C27H38N2O6/c30-17-8-3-7-15-29-23-25(32)28(19-11-4-1-5-12-19)16-10-14-27(23)22(24(29)31)21-20(35-27)13-6-2-9-18-34-26(21)33/h6,10,13-14,19-23,30H,1-5,7-9,11-12,15-18H2/b13-6-/t20-,21+,22+,23?,27+/m1/s1. The highest BCUT2D eigenvalue weighted by Crippen LogP contribution is 2.53. The smallest absolute Gasteiger partial charge is 0.312 e. The summed E-state index contributed by atoms with van der Waals surface area (Å²) in [4.78, 5) is 45.0. The summed E-state index contributed by atoms with van der Waals surface area (Å²) in [7, 11) is 0. The van der Waals surface area contributed by atoms with Gasteiger partial charge in [0.15, 0.2) is 0 Å². The molecule has 2 amide bonds. The van der Waals surface area contributed by atoms with Gasteiger partial charge in [0.25, 0.3) is 0 Å². The van der Waals surface area contributed by atoms with Crippen LogP contribution in [-0.4, -0.2) is 82.8 Å². The van der Waals surface area contributed by atoms with Crippen molar-refractivity contribution in [2.45, 2.75) is 88.0 Å². The summed E-state index contributed by atoms with van der Waals surface area (Å²) in [5.74, 6) is -2.22. The number of carbonyl (C=O) groups excluding carboxylic acids is 3. The Bertz CT molecular complexity index is 881. The summed E-state index contributed by atoms with van der Waals surface area (Å²) in [6.45, 7) is 1.33. The zero-order valence-corrected chi connectivity index (χ0v) is 20.5. The van der Waals surface area contributed by atoms with E-state index in [9.17, 15) is 19.5 Å². The molecule has 1 N–H and O–H groups in total. The van der Waals surface area contributed by atoms with Crippen LogP contribution in [0.15, 0.2) is 24.3 Å². The van der Waals surface area contributed by atoms with Crippen LogP contribution in [0.4, 0.5) is 0 Å². The van der Waals surface area contributed by atoms with E-state index in [1.54, 1.807) is 4.90 Å². The summed E-state index contributed by atoms with van der Waals surface area (Å²) < 4.78 is 12.2. The Kier molecular flexibility index (Phi) is 7.30. The van der Waals surface area contributed by atoms with Crippen molar-refractivity contribution in [1.29, 1.82) is 0 Å². The molecule has 1 unspecified atom stereocenters. The minimum atomic E-state index is -1.17. The Labute approximate surface area is 207 Å². The molecule has 5 atom stereocenters. The second kappa shape index (κ2) is 10.4. The van der Waals surface area contributed by atoms with Crippen LogP contribution in [0.5, 0.6) is 0 Å². The number of hydrogen-bond donors (Lipinski definition) is 1. The molecular formula is C27H38N2O6. The maximum absolute atomic E-state index is 14.2. The number of carbonyl (C=O) groups is 3. The molecule has 2 saturated heterocycles. The number of allylic oxidation sites excluding steroid dienone is 1. The topological polar surface area (TPSA) is 96.4 Å². The van der Waals surface area contributed by atoms with Crippen molar-refractivity contribution in [2.24, 2.45) is 11.8 Å². The molecule has 8 heteroatoms. The number of likely N-dealkylation sites (tertiary alicyclic amines) is 1. The van der Waals surface area contributed by atoms with Gasteiger partial charge in [0, 0.05) is 25.7 Å². The number of aliphatic hydroxyl groups excluding tert-OH is 1. The van der Waals surface area contributed by atoms with E-state index in [0.29, 0.717) is 32.5 Å². The number of aliphatic hydroxyl groups is 1. The highest BCUT2D eigenvalue weighted by Gasteiger charge is 2.71. The molecule has 8 nitrogen and oxygen atoms in total. The Hall–Kier alpha value is -2.19. The molecule has 3 fully saturated rings. The van der Waals surface area contributed by atoms with Gasteiger partial charge in [0.05, 0.1) is 18.6 Å². The van der Waals surface area contributed by atoms with Crippen LogP contribution in [0, 0.1) is 11.8 Å². The molecular weight excluding hydrogens is 448 g/mol. The fourth-order valence-corrected chi connectivity index (χ4v) is 6.80. The Balaban J connectivity index is 1.52. The molecule has 0 aromatic carbocycles. The maximum atomic E-state index is 14.2. The fraction of sp³-hybridized carbons (Fsp3) is 0.741. The Morgan fingerprint density at radius 1 is 1.00 bits per heavy atom. The largest absolute Gasteiger partial charge is 0.465 e. The molecule has 1 spiro atoms. The first kappa shape index (κ1) is 24.5. The lowest BCUT2D eigenvalue weighted by atomic mass is 9.78. The minimum absolute atomic E-state index is 0.0660. The van der Waals surface area contributed by atoms with Crippen LogP contribution in [0.25, 0.3) is 0 Å². The Morgan fingerprint density at radius 3 is 2.63 bits per heavy atom. The first-order chi connectivity index (χ1) is 17.1. The lowest BCUT2D eigenvalue weighted by Crippen LogP contribution is -2.57. The van der Waals surface area contributed by atoms with E-state index in [2.05, 4.69) is 0 Å². The van der Waals surface area contributed by atoms with Crippen molar-refractivity contribution in [1.82, 2.24) is 9.80 Å². The first-order valence-corrected chi connectivity index (χ1v) is 13.5. The van der Waals surface area contributed by atoms with Crippen molar-refractivity contribution in [3.8, 4) is 0 Å². The molecule has 0 aromatic heterocycles. The SMILES string of the molecule is O=C1OCCC/C=C\[C@H]2O[C@]34C=CCN(C5CCCCC5)C(=O)C3N(CCCCCO)C(=O)[C@@H]4[C@@H]12. The molecule has 5 rings (SSSR count). The summed E-state index contributed by atoms with van der Waals surface area (Å²) in [6, 6.07) is -0.615. The predicted octanol–water partition coefficient (Wildman–Crippen LogP) is 2.35. The van der Waals surface area contributed by atoms with Crippen LogP contribution in [0.1, 0.15) is 64.2 Å². The maximum Gasteiger partial charge on any atom is 0.312 e. The number of esters is 1. The van der Waals surface area contributed by atoms with Gasteiger partial charge in [-0.25, -0.2) is 0 Å². The van der Waals surface area contributed by atoms with E-state index < -0.39 is 35.6 Å². The van der Waals surface area contributed by atoms with Gasteiger partial charge in [-0.2, -0.15) is 0 Å². The van der Waals surface area contributed by atoms with Crippen molar-refractivity contribution in [3.05, 3.63) is 24.3 Å². The third-order valence-corrected chi connectivity index (χ3v) is 8.45. The molecule has 1 aliphatic carbocycles. The third-order valence-electron chi connectivity index (χ3n) is 8.45. The number of hydrogen-bond acceptors (Lipinski definition) is 6. The molecule has 0 radical (unpaired) electrons. The van der Waals surface area contributed by atoms with Gasteiger partial charge in [-0.05, 0) is 44.9 Å². The van der Waals surface area contributed by atoms with Crippen LogP contribution >= 0.6 is 0 Å². The van der Waals surface area contributed by atoms with Gasteiger partial charge in [0.1, 0.15) is 17.6 Å². The molecule has 5 aliphatic rings. The van der Waals surface area contributed by atoms with E-state index in [1.807, 2.05) is 29.2 Å². The molecule has 4 heterocycles. The fourth-order valence-electron chi connectivity index (χ4n) is 6.80. The monoisotopic (exact) mass is 486 g/mol. The minimum Gasteiger partial charge on any atom is -0.465 e. The number of fused-ring (bicyclic) bond motifs is 2. The number of unbranched alkanes of at least 4 members (excludes halogenated alkanes) is 2. The normalized spacial score (nSPS) is 36.5. The number of amides is 2. The zero-order valence-electron chi connectivity index (χ0n) is 20.5. The first-order valence-electron chi connectivity index (χ1n) is 13.5. The summed E-state index contributed by atoms with van der Waals surface area (Å²) in [5.41, 5.74) is -1.17. The zero-order chi connectivity index (χ0) is 24.4. The molecule has 192 valence electrons. The Morgan fingerprint density at radius 2 is 1.83 bits per heavy atom. The highest BCUT2D eigenvalue weighted by atomic mass is 16.6. The molecule has 1 saturated carbocycles. The number of ether oxygens (including phenoxy) is 2. The van der Waals surface area contributed by atoms with Gasteiger partial charge >= 0.3 is 5.97 Å². The average molecular weight is 487 g/mol. The van der Waals surface area contributed by atoms with Crippen LogP contribution in [0.2, 0.25) is 0 Å². The van der Waals surface area contributed by atoms with Crippen molar-refractivity contribution in [2.75, 3.05) is 26.3 Å². The predicted molar refractivity (Wildman–Crippen MR) is 128 cm³/mol. The van der Waals surface area contributed by atoms with E-state index >= 15 is 0 Å². The van der Waals surface area contributed by atoms with Gasteiger partial charge in [-0.15, -0.1) is 0 Å². The van der Waals surface area contributed by atoms with Gasteiger partial charge in [-0.1, -0.05) is 43.6 Å². The van der Waals surface area contributed by atoms with Crippen LogP contribution in [-0.2, 0) is 23.9 Å². The van der Waals surface area contributed by atoms with Crippen LogP contribution < -0.4 is 0 Å². The van der Waals surface area contributed by atoms with E-state index in [-0.39, 0.29) is 24.5 Å². The van der Waals surface area contributed by atoms with E-state index in [4.69, 9.17) is 9.47 Å². The number of cyclic esters (lactones) is 1. The lowest BCUT2D eigenvalue weighted by molar-refractivity contribution is -0.155. The second-order valence-electron chi connectivity index (χ2n) is 10.6. The van der Waals surface area contributed by atoms with Crippen LogP contribution in [0.3, 0.4) is 0 Å². The van der Waals surface area contributed by atoms with Gasteiger partial charge in [-0.3, -0.25) is 14.4 Å². The second-order valence-corrected chi connectivity index (χ2v) is 10.6. The lowest BCUT2D eigenvalue weighted by Gasteiger charge is -2.39. The molecule has 35 heavy (non-hydrogen) atoms. The summed E-state index contributed by atoms with van der Waals surface area (Å²) >= 11 is 0. The van der Waals surface area contributed by atoms with E-state index in [0.717, 1.165) is 44.9 Å².